The number of imide groups is 1. The molecule has 30 heavy (non-hydrogen) atoms. The van der Waals surface area contributed by atoms with Crippen LogP contribution in [0.3, 0.4) is 0 Å². The van der Waals surface area contributed by atoms with Crippen molar-refractivity contribution in [3.63, 3.8) is 0 Å². The Kier molecular flexibility index (Phi) is 7.54. The molecular weight excluding hydrogens is 513 g/mol. The topological polar surface area (TPSA) is 86.7 Å². The molecule has 4 unspecified atom stereocenters. The van der Waals surface area contributed by atoms with E-state index in [0.29, 0.717) is 26.1 Å². The molecule has 1 aliphatic heterocycles. The number of carbonyl (C=O) groups is 2. The van der Waals surface area contributed by atoms with Gasteiger partial charge in [0.1, 0.15) is 0 Å². The Morgan fingerprint density at radius 1 is 1.20 bits per heavy atom. The number of hydrogen-bond acceptors (Lipinski definition) is 5. The number of halogens is 1. The number of nitrogens with zero attached hydrogens (tertiary/aromatic N) is 3. The van der Waals surface area contributed by atoms with Crippen LogP contribution in [0.25, 0.3) is 0 Å². The quantitative estimate of drug-likeness (QED) is 0.138. The molecule has 2 amide bonds. The van der Waals surface area contributed by atoms with Gasteiger partial charge in [0.25, 0.3) is 0 Å². The minimum Gasteiger partial charge on any atom is -0.357 e. The molecule has 7 nitrogen and oxygen atoms in total. The van der Waals surface area contributed by atoms with E-state index in [2.05, 4.69) is 32.8 Å². The van der Waals surface area contributed by atoms with Crippen molar-refractivity contribution >= 4 is 53.1 Å². The first-order valence-electron chi connectivity index (χ1n) is 10.5. The molecule has 4 atom stereocenters. The number of nitrogens with one attached hydrogen (secondary N) is 2. The summed E-state index contributed by atoms with van der Waals surface area (Å²) in [4.78, 5) is 37.2. The predicted octanol–water partition coefficient (Wildman–Crippen LogP) is 2.63. The van der Waals surface area contributed by atoms with Crippen molar-refractivity contribution in [3.8, 4) is 0 Å². The number of carbonyl (C=O) groups excluding carboxylic acids is 2. The van der Waals surface area contributed by atoms with Crippen molar-refractivity contribution in [2.45, 2.75) is 40.2 Å². The summed E-state index contributed by atoms with van der Waals surface area (Å²) < 4.78 is 0. The zero-order chi connectivity index (χ0) is 20.5. The number of thiazole rings is 1. The van der Waals surface area contributed by atoms with Crippen molar-refractivity contribution in [1.29, 1.82) is 0 Å². The molecule has 1 saturated carbocycles. The van der Waals surface area contributed by atoms with E-state index in [1.165, 1.54) is 9.78 Å². The Morgan fingerprint density at radius 3 is 2.43 bits per heavy atom. The van der Waals surface area contributed by atoms with Crippen molar-refractivity contribution < 1.29 is 9.59 Å². The van der Waals surface area contributed by atoms with E-state index in [4.69, 9.17) is 0 Å². The molecule has 0 spiro atoms. The van der Waals surface area contributed by atoms with Crippen LogP contribution in [0.2, 0.25) is 0 Å². The van der Waals surface area contributed by atoms with Crippen LogP contribution in [0.4, 0.5) is 0 Å². The largest absolute Gasteiger partial charge is 0.357 e. The van der Waals surface area contributed by atoms with Gasteiger partial charge in [-0.15, -0.1) is 35.3 Å². The predicted molar refractivity (Wildman–Crippen MR) is 129 cm³/mol. The lowest BCUT2D eigenvalue weighted by Gasteiger charge is -2.18. The summed E-state index contributed by atoms with van der Waals surface area (Å²) in [6.45, 7) is 8.54. The average molecular weight is 543 g/mol. The maximum Gasteiger partial charge on any atom is 0.233 e. The molecule has 1 aromatic rings. The van der Waals surface area contributed by atoms with Crippen molar-refractivity contribution in [3.05, 3.63) is 27.7 Å². The molecule has 1 saturated heterocycles. The molecule has 1 aromatic heterocycles. The molecule has 9 heteroatoms. The number of likely N-dealkylation sites (tertiary alicyclic amines) is 1. The van der Waals surface area contributed by atoms with Gasteiger partial charge in [-0.2, -0.15) is 0 Å². The molecule has 2 fully saturated rings. The number of amides is 2. The highest BCUT2D eigenvalue weighted by molar-refractivity contribution is 14.0. The molecular formula is C21H30IN5O2S. The number of hydrogen-bond donors (Lipinski definition) is 2. The minimum atomic E-state index is -0.101. The van der Waals surface area contributed by atoms with Crippen molar-refractivity contribution in [2.75, 3.05) is 19.6 Å². The summed E-state index contributed by atoms with van der Waals surface area (Å²) in [5.74, 6) is 1.16. The fraction of sp³-hybridized carbons (Fsp3) is 0.619. The highest BCUT2D eigenvalue weighted by Gasteiger charge is 2.58. The highest BCUT2D eigenvalue weighted by Crippen LogP contribution is 2.52. The van der Waals surface area contributed by atoms with Gasteiger partial charge in [-0.05, 0) is 45.4 Å². The Balaban J connectivity index is 0.00000256. The smallest absolute Gasteiger partial charge is 0.233 e. The van der Waals surface area contributed by atoms with Crippen LogP contribution in [-0.4, -0.2) is 47.3 Å². The molecule has 3 aliphatic rings. The summed E-state index contributed by atoms with van der Waals surface area (Å²) in [5.41, 5.74) is 1.03. The Hall–Kier alpha value is -1.49. The molecule has 2 heterocycles. The normalized spacial score (nSPS) is 26.9. The third-order valence-corrected chi connectivity index (χ3v) is 7.19. The first kappa shape index (κ1) is 23.2. The average Bonchev–Trinajstić information content (AvgIpc) is 3.43. The Bertz CT molecular complexity index is 838. The van der Waals surface area contributed by atoms with Crippen molar-refractivity contribution in [2.24, 2.45) is 28.7 Å². The van der Waals surface area contributed by atoms with Gasteiger partial charge in [-0.1, -0.05) is 12.2 Å². The van der Waals surface area contributed by atoms with E-state index >= 15 is 0 Å². The lowest BCUT2D eigenvalue weighted by molar-refractivity contribution is -0.140. The van der Waals surface area contributed by atoms with Gasteiger partial charge in [0.05, 0.1) is 29.1 Å². The third kappa shape index (κ3) is 4.42. The maximum absolute atomic E-state index is 12.7. The maximum atomic E-state index is 12.7. The van der Waals surface area contributed by atoms with E-state index in [1.54, 1.807) is 11.3 Å². The van der Waals surface area contributed by atoms with Gasteiger partial charge in [-0.3, -0.25) is 14.5 Å². The Labute approximate surface area is 198 Å². The second-order valence-electron chi connectivity index (χ2n) is 8.04. The zero-order valence-corrected chi connectivity index (χ0v) is 20.8. The summed E-state index contributed by atoms with van der Waals surface area (Å²) in [6, 6.07) is 0. The summed E-state index contributed by atoms with van der Waals surface area (Å²) in [5, 5.41) is 7.61. The minimum absolute atomic E-state index is 0. The molecule has 0 aromatic carbocycles. The molecule has 164 valence electrons. The lowest BCUT2D eigenvalue weighted by atomic mass is 9.85. The second kappa shape index (κ2) is 9.76. The SMILES string of the molecule is CCNC(=NCc1sc(C)nc1C)NCCCN1C(=O)C2C3C=CC(C3)C2C1=O.I. The van der Waals surface area contributed by atoms with Crippen LogP contribution >= 0.6 is 35.3 Å². The zero-order valence-electron chi connectivity index (χ0n) is 17.7. The standard InChI is InChI=1S/C21H29N5O2S.HI/c1-4-22-21(24-11-16-12(2)25-13(3)29-16)23-8-5-9-26-19(27)17-14-6-7-15(10-14)18(17)20(26)28;/h6-7,14-15,17-18H,4-5,8-11H2,1-3H3,(H2,22,23,24);1H. The fourth-order valence-electron chi connectivity index (χ4n) is 4.84. The van der Waals surface area contributed by atoms with Crippen LogP contribution in [0.1, 0.15) is 35.3 Å². The van der Waals surface area contributed by atoms with Crippen LogP contribution < -0.4 is 10.6 Å². The number of rotatable bonds is 7. The number of aromatic nitrogens is 1. The molecule has 4 rings (SSSR count). The highest BCUT2D eigenvalue weighted by atomic mass is 127. The van der Waals surface area contributed by atoms with Gasteiger partial charge in [-0.25, -0.2) is 9.98 Å². The third-order valence-electron chi connectivity index (χ3n) is 6.14. The number of guanidine groups is 1. The fourth-order valence-corrected chi connectivity index (χ4v) is 5.70. The lowest BCUT2D eigenvalue weighted by Crippen LogP contribution is -2.40. The van der Waals surface area contributed by atoms with E-state index in [9.17, 15) is 9.59 Å². The summed E-state index contributed by atoms with van der Waals surface area (Å²) in [6.07, 6.45) is 5.95. The van der Waals surface area contributed by atoms with Crippen LogP contribution in [0.15, 0.2) is 17.1 Å². The molecule has 2 aliphatic carbocycles. The molecule has 2 bridgehead atoms. The number of allylic oxidation sites excluding steroid dienone is 2. The molecule has 0 radical (unpaired) electrons. The molecule has 2 N–H and O–H groups in total. The van der Waals surface area contributed by atoms with Crippen molar-refractivity contribution in [1.82, 2.24) is 20.5 Å². The van der Waals surface area contributed by atoms with Crippen LogP contribution in [-0.2, 0) is 16.1 Å². The summed E-state index contributed by atoms with van der Waals surface area (Å²) in [7, 11) is 0. The number of aryl methyl sites for hydroxylation is 2. The second-order valence-corrected chi connectivity index (χ2v) is 9.33. The van der Waals surface area contributed by atoms with Gasteiger partial charge >= 0.3 is 0 Å². The van der Waals surface area contributed by atoms with Crippen LogP contribution in [0.5, 0.6) is 0 Å². The first-order chi connectivity index (χ1) is 14.0. The van der Waals surface area contributed by atoms with Gasteiger partial charge in [0.15, 0.2) is 5.96 Å². The van der Waals surface area contributed by atoms with E-state index < -0.39 is 0 Å². The number of fused-ring (bicyclic) bond motifs is 5. The van der Waals surface area contributed by atoms with Gasteiger partial charge in [0.2, 0.25) is 11.8 Å². The summed E-state index contributed by atoms with van der Waals surface area (Å²) >= 11 is 1.67. The monoisotopic (exact) mass is 543 g/mol. The van der Waals surface area contributed by atoms with Gasteiger partial charge < -0.3 is 10.6 Å². The van der Waals surface area contributed by atoms with Gasteiger partial charge in [0, 0.05) is 24.5 Å². The number of aliphatic imine (C=N–C) groups is 1. The Morgan fingerprint density at radius 2 is 1.87 bits per heavy atom. The van der Waals surface area contributed by atoms with Crippen LogP contribution in [0, 0.1) is 37.5 Å². The van der Waals surface area contributed by atoms with E-state index in [-0.39, 0.29) is 59.5 Å². The van der Waals surface area contributed by atoms with E-state index in [0.717, 1.165) is 29.6 Å². The first-order valence-corrected chi connectivity index (χ1v) is 11.3. The van der Waals surface area contributed by atoms with E-state index in [1.807, 2.05) is 20.8 Å².